The normalized spacial score (nSPS) is 12.1. The second-order valence-electron chi connectivity index (χ2n) is 8.04. The molecule has 0 bridgehead atoms. The predicted octanol–water partition coefficient (Wildman–Crippen LogP) is 5.95. The van der Waals surface area contributed by atoms with Crippen molar-refractivity contribution < 1.29 is 19.3 Å². The third-order valence-corrected chi connectivity index (χ3v) is 5.28. The molecule has 1 atom stereocenters. The molecule has 0 heterocycles. The van der Waals surface area contributed by atoms with Gasteiger partial charge in [-0.05, 0) is 42.5 Å². The van der Waals surface area contributed by atoms with Gasteiger partial charge < -0.3 is 19.3 Å². The summed E-state index contributed by atoms with van der Waals surface area (Å²) >= 11 is 0. The van der Waals surface area contributed by atoms with E-state index < -0.39 is 0 Å². The number of aliphatic hydroxyl groups is 1. The topological polar surface area (TPSA) is 47.9 Å². The first-order chi connectivity index (χ1) is 15.3. The van der Waals surface area contributed by atoms with Crippen molar-refractivity contribution in [2.24, 2.45) is 0 Å². The number of hydrogen-bond acceptors (Lipinski definition) is 4. The molecule has 4 heteroatoms. The third kappa shape index (κ3) is 11.9. The number of aryl methyl sites for hydroxylation is 1. The Morgan fingerprint density at radius 3 is 2.26 bits per heavy atom. The Hall–Kier alpha value is -1.88. The highest BCUT2D eigenvalue weighted by molar-refractivity contribution is 5.27. The number of hydrogen-bond donors (Lipinski definition) is 1. The Morgan fingerprint density at radius 1 is 0.774 bits per heavy atom. The fourth-order valence-electron chi connectivity index (χ4n) is 3.36. The largest absolute Gasteiger partial charge is 0.494 e. The second kappa shape index (κ2) is 16.8. The SMILES string of the molecule is CCCCCCCCOc1ccc(CCCOC[C@@H](CO)OCc2ccccc2)cc1. The number of unbranched alkanes of at least 4 members (excludes halogenated alkanes) is 5. The highest BCUT2D eigenvalue weighted by Gasteiger charge is 2.08. The summed E-state index contributed by atoms with van der Waals surface area (Å²) in [4.78, 5) is 0. The summed E-state index contributed by atoms with van der Waals surface area (Å²) in [6.45, 7) is 4.57. The molecule has 0 unspecified atom stereocenters. The van der Waals surface area contributed by atoms with E-state index in [0.717, 1.165) is 37.2 Å². The fourth-order valence-corrected chi connectivity index (χ4v) is 3.36. The molecule has 1 N–H and O–H groups in total. The summed E-state index contributed by atoms with van der Waals surface area (Å²) in [5, 5.41) is 9.47. The van der Waals surface area contributed by atoms with Crippen molar-refractivity contribution >= 4 is 0 Å². The molecule has 31 heavy (non-hydrogen) atoms. The Labute approximate surface area is 188 Å². The van der Waals surface area contributed by atoms with Crippen molar-refractivity contribution in [3.05, 3.63) is 65.7 Å². The Balaban J connectivity index is 1.51. The minimum absolute atomic E-state index is 0.0347. The van der Waals surface area contributed by atoms with Gasteiger partial charge in [0.15, 0.2) is 0 Å². The molecule has 0 aromatic heterocycles. The lowest BCUT2D eigenvalue weighted by atomic mass is 10.1. The predicted molar refractivity (Wildman–Crippen MR) is 127 cm³/mol. The highest BCUT2D eigenvalue weighted by Crippen LogP contribution is 2.14. The molecule has 0 spiro atoms. The summed E-state index contributed by atoms with van der Waals surface area (Å²) < 4.78 is 17.3. The zero-order valence-corrected chi connectivity index (χ0v) is 19.1. The molecule has 0 saturated carbocycles. The molecule has 0 amide bonds. The molecule has 4 nitrogen and oxygen atoms in total. The summed E-state index contributed by atoms with van der Waals surface area (Å²) in [6, 6.07) is 18.4. The molecule has 2 rings (SSSR count). The molecule has 2 aromatic rings. The van der Waals surface area contributed by atoms with Gasteiger partial charge in [0.05, 0.1) is 26.4 Å². The summed E-state index contributed by atoms with van der Waals surface area (Å²) in [5.41, 5.74) is 2.38. The summed E-state index contributed by atoms with van der Waals surface area (Å²) in [5.74, 6) is 0.954. The molecule has 0 fully saturated rings. The quantitative estimate of drug-likeness (QED) is 0.298. The zero-order chi connectivity index (χ0) is 22.0. The van der Waals surface area contributed by atoms with Crippen LogP contribution in [-0.2, 0) is 22.5 Å². The van der Waals surface area contributed by atoms with E-state index in [1.807, 2.05) is 30.3 Å². The van der Waals surface area contributed by atoms with Crippen molar-refractivity contribution in [1.82, 2.24) is 0 Å². The van der Waals surface area contributed by atoms with Crippen LogP contribution in [0, 0.1) is 0 Å². The van der Waals surface area contributed by atoms with Crippen molar-refractivity contribution in [3.63, 3.8) is 0 Å². The molecular formula is C27H40O4. The van der Waals surface area contributed by atoms with Gasteiger partial charge in [-0.2, -0.15) is 0 Å². The second-order valence-corrected chi connectivity index (χ2v) is 8.04. The zero-order valence-electron chi connectivity index (χ0n) is 19.1. The van der Waals surface area contributed by atoms with Gasteiger partial charge in [0.1, 0.15) is 11.9 Å². The van der Waals surface area contributed by atoms with E-state index in [2.05, 4.69) is 31.2 Å². The third-order valence-electron chi connectivity index (χ3n) is 5.28. The molecule has 0 radical (unpaired) electrons. The Kier molecular flexibility index (Phi) is 13.7. The van der Waals surface area contributed by atoms with Crippen LogP contribution < -0.4 is 4.74 Å². The van der Waals surface area contributed by atoms with Crippen molar-refractivity contribution in [2.45, 2.75) is 71.0 Å². The average molecular weight is 429 g/mol. The lowest BCUT2D eigenvalue weighted by Crippen LogP contribution is -2.24. The van der Waals surface area contributed by atoms with Gasteiger partial charge in [-0.3, -0.25) is 0 Å². The van der Waals surface area contributed by atoms with E-state index in [0.29, 0.717) is 19.8 Å². The maximum atomic E-state index is 9.47. The number of ether oxygens (including phenoxy) is 3. The first-order valence-corrected chi connectivity index (χ1v) is 11.9. The molecule has 2 aromatic carbocycles. The van der Waals surface area contributed by atoms with E-state index in [1.54, 1.807) is 0 Å². The van der Waals surface area contributed by atoms with Crippen molar-refractivity contribution in [3.8, 4) is 5.75 Å². The van der Waals surface area contributed by atoms with Gasteiger partial charge in [0.25, 0.3) is 0 Å². The van der Waals surface area contributed by atoms with Crippen LogP contribution >= 0.6 is 0 Å². The van der Waals surface area contributed by atoms with Crippen LogP contribution in [0.5, 0.6) is 5.75 Å². The van der Waals surface area contributed by atoms with E-state index in [1.165, 1.54) is 37.7 Å². The molecule has 0 saturated heterocycles. The van der Waals surface area contributed by atoms with Crippen LogP contribution in [0.15, 0.2) is 54.6 Å². The van der Waals surface area contributed by atoms with E-state index in [9.17, 15) is 5.11 Å². The number of benzene rings is 2. The smallest absolute Gasteiger partial charge is 0.119 e. The average Bonchev–Trinajstić information content (AvgIpc) is 2.82. The molecule has 172 valence electrons. The number of aliphatic hydroxyl groups excluding tert-OH is 1. The first kappa shape index (κ1) is 25.4. The highest BCUT2D eigenvalue weighted by atomic mass is 16.5. The maximum Gasteiger partial charge on any atom is 0.119 e. The minimum Gasteiger partial charge on any atom is -0.494 e. The van der Waals surface area contributed by atoms with Crippen LogP contribution in [0.3, 0.4) is 0 Å². The lowest BCUT2D eigenvalue weighted by Gasteiger charge is -2.16. The van der Waals surface area contributed by atoms with Gasteiger partial charge in [-0.1, -0.05) is 81.5 Å². The van der Waals surface area contributed by atoms with Gasteiger partial charge in [-0.25, -0.2) is 0 Å². The lowest BCUT2D eigenvalue weighted by molar-refractivity contribution is -0.0500. The van der Waals surface area contributed by atoms with Crippen molar-refractivity contribution in [2.75, 3.05) is 26.4 Å². The van der Waals surface area contributed by atoms with Gasteiger partial charge in [0, 0.05) is 6.61 Å². The molecular weight excluding hydrogens is 388 g/mol. The van der Waals surface area contributed by atoms with E-state index in [4.69, 9.17) is 14.2 Å². The van der Waals surface area contributed by atoms with Crippen LogP contribution in [0.25, 0.3) is 0 Å². The van der Waals surface area contributed by atoms with Gasteiger partial charge in [-0.15, -0.1) is 0 Å². The summed E-state index contributed by atoms with van der Waals surface area (Å²) in [7, 11) is 0. The van der Waals surface area contributed by atoms with Crippen LogP contribution in [0.4, 0.5) is 0 Å². The maximum absolute atomic E-state index is 9.47. The minimum atomic E-state index is -0.289. The molecule has 0 aliphatic carbocycles. The van der Waals surface area contributed by atoms with E-state index >= 15 is 0 Å². The fraction of sp³-hybridized carbons (Fsp3) is 0.556. The van der Waals surface area contributed by atoms with Gasteiger partial charge in [0.2, 0.25) is 0 Å². The van der Waals surface area contributed by atoms with Crippen LogP contribution in [0.1, 0.15) is 63.0 Å². The Bertz CT molecular complexity index is 657. The number of rotatable bonds is 18. The monoisotopic (exact) mass is 428 g/mol. The standard InChI is InChI=1S/C27H40O4/c1-2-3-4-5-6-10-20-30-26-17-15-24(16-18-26)14-11-19-29-23-27(21-28)31-22-25-12-8-7-9-13-25/h7-9,12-13,15-18,27-28H,2-6,10-11,14,19-23H2,1H3/t27-/m1/s1. The van der Waals surface area contributed by atoms with Gasteiger partial charge >= 0.3 is 0 Å². The van der Waals surface area contributed by atoms with E-state index in [-0.39, 0.29) is 12.7 Å². The van der Waals surface area contributed by atoms with Crippen LogP contribution in [0.2, 0.25) is 0 Å². The molecule has 0 aliphatic rings. The summed E-state index contributed by atoms with van der Waals surface area (Å²) in [6.07, 6.45) is 9.30. The molecule has 0 aliphatic heterocycles. The Morgan fingerprint density at radius 2 is 1.52 bits per heavy atom. The van der Waals surface area contributed by atoms with Crippen molar-refractivity contribution in [1.29, 1.82) is 0 Å². The first-order valence-electron chi connectivity index (χ1n) is 11.9. The van der Waals surface area contributed by atoms with Crippen LogP contribution in [-0.4, -0.2) is 37.6 Å².